The van der Waals surface area contributed by atoms with Crippen LogP contribution in [0.5, 0.6) is 0 Å². The van der Waals surface area contributed by atoms with Crippen molar-refractivity contribution in [2.45, 2.75) is 32.9 Å². The van der Waals surface area contributed by atoms with Crippen LogP contribution in [0.2, 0.25) is 0 Å². The van der Waals surface area contributed by atoms with Gasteiger partial charge in [0, 0.05) is 39.2 Å². The lowest BCUT2D eigenvalue weighted by molar-refractivity contribution is -0.140. The molecule has 220 valence electrons. The largest absolute Gasteiger partial charge is 0.354 e. The molecule has 0 bridgehead atoms. The van der Waals surface area contributed by atoms with Gasteiger partial charge in [0.25, 0.3) is 0 Å². The first-order valence-corrected chi connectivity index (χ1v) is 14.6. The fourth-order valence-electron chi connectivity index (χ4n) is 4.14. The second-order valence-electron chi connectivity index (χ2n) is 10.2. The van der Waals surface area contributed by atoms with Crippen LogP contribution in [0, 0.1) is 17.6 Å². The summed E-state index contributed by atoms with van der Waals surface area (Å²) in [5.41, 5.74) is 0.558. The molecule has 0 aromatic heterocycles. The highest BCUT2D eigenvalue weighted by Crippen LogP contribution is 2.24. The van der Waals surface area contributed by atoms with E-state index >= 15 is 0 Å². The molecule has 1 atom stereocenters. The Morgan fingerprint density at radius 3 is 2.02 bits per heavy atom. The molecular formula is C30H36F2N4O4S. The van der Waals surface area contributed by atoms with Crippen molar-refractivity contribution in [3.63, 3.8) is 0 Å². The lowest BCUT2D eigenvalue weighted by atomic mass is 10.0. The van der Waals surface area contributed by atoms with E-state index in [0.717, 1.165) is 15.9 Å². The van der Waals surface area contributed by atoms with Gasteiger partial charge in [0.05, 0.1) is 5.69 Å². The van der Waals surface area contributed by atoms with Gasteiger partial charge in [-0.1, -0.05) is 74.5 Å². The number of nitrogens with one attached hydrogen (secondary N) is 1. The van der Waals surface area contributed by atoms with E-state index in [0.29, 0.717) is 10.8 Å². The number of hydrogen-bond acceptors (Lipinski definition) is 4. The minimum atomic E-state index is -4.35. The van der Waals surface area contributed by atoms with Gasteiger partial charge in [-0.15, -0.1) is 0 Å². The van der Waals surface area contributed by atoms with E-state index in [-0.39, 0.29) is 30.1 Å². The minimum Gasteiger partial charge on any atom is -0.354 e. The van der Waals surface area contributed by atoms with Crippen molar-refractivity contribution < 1.29 is 26.8 Å². The Labute approximate surface area is 240 Å². The molecule has 0 radical (unpaired) electrons. The zero-order valence-corrected chi connectivity index (χ0v) is 24.4. The number of hydrogen-bond donors (Lipinski definition) is 1. The van der Waals surface area contributed by atoms with Crippen molar-refractivity contribution in [3.8, 4) is 0 Å². The van der Waals surface area contributed by atoms with E-state index in [4.69, 9.17) is 0 Å². The van der Waals surface area contributed by atoms with E-state index in [9.17, 15) is 26.8 Å². The van der Waals surface area contributed by atoms with Crippen LogP contribution in [0.3, 0.4) is 0 Å². The molecule has 0 aliphatic heterocycles. The molecule has 0 saturated carbocycles. The summed E-state index contributed by atoms with van der Waals surface area (Å²) in [5, 5.41) is 2.85. The minimum absolute atomic E-state index is 0.0884. The summed E-state index contributed by atoms with van der Waals surface area (Å²) in [6, 6.07) is 18.9. The average Bonchev–Trinajstić information content (AvgIpc) is 2.94. The van der Waals surface area contributed by atoms with Crippen molar-refractivity contribution >= 4 is 27.7 Å². The number of anilines is 1. The van der Waals surface area contributed by atoms with Crippen molar-refractivity contribution in [3.05, 3.63) is 102 Å². The fraction of sp³-hybridized carbons (Fsp3) is 0.333. The van der Waals surface area contributed by atoms with Crippen LogP contribution in [0.25, 0.3) is 0 Å². The first-order valence-electron chi connectivity index (χ1n) is 13.2. The van der Waals surface area contributed by atoms with Crippen molar-refractivity contribution in [2.75, 3.05) is 31.5 Å². The Morgan fingerprint density at radius 1 is 0.854 bits per heavy atom. The summed E-state index contributed by atoms with van der Waals surface area (Å²) >= 11 is 0. The first kappa shape index (κ1) is 31.7. The van der Waals surface area contributed by atoms with Gasteiger partial charge < -0.3 is 10.2 Å². The molecule has 0 heterocycles. The van der Waals surface area contributed by atoms with Gasteiger partial charge in [0.15, 0.2) is 0 Å². The molecule has 0 aliphatic carbocycles. The standard InChI is InChI=1S/C30H36F2N4O4S/c1-22(2)19-33-30(38)28(18-23-12-6-5-7-13-23)35(20-24-14-8-9-15-25(24)31)29(37)21-36(41(39,40)34(3)4)27-17-11-10-16-26(27)32/h5-17,22,28H,18-21H2,1-4H3,(H,33,38)/t28-/m0/s1. The van der Waals surface area contributed by atoms with E-state index < -0.39 is 46.2 Å². The Morgan fingerprint density at radius 2 is 1.44 bits per heavy atom. The molecule has 0 saturated heterocycles. The molecule has 0 spiro atoms. The molecule has 3 aromatic carbocycles. The number of nitrogens with zero attached hydrogens (tertiary/aromatic N) is 3. The highest BCUT2D eigenvalue weighted by atomic mass is 32.2. The predicted octanol–water partition coefficient (Wildman–Crippen LogP) is 3.99. The van der Waals surface area contributed by atoms with E-state index in [1.54, 1.807) is 30.3 Å². The summed E-state index contributed by atoms with van der Waals surface area (Å²) < 4.78 is 57.8. The SMILES string of the molecule is CC(C)CNC(=O)[C@H](Cc1ccccc1)N(Cc1ccccc1F)C(=O)CN(c1ccccc1F)S(=O)(=O)N(C)C. The average molecular weight is 587 g/mol. The lowest BCUT2D eigenvalue weighted by Crippen LogP contribution is -2.54. The number of benzene rings is 3. The molecule has 0 aliphatic rings. The predicted molar refractivity (Wildman–Crippen MR) is 155 cm³/mol. The summed E-state index contributed by atoms with van der Waals surface area (Å²) in [6.45, 7) is 3.05. The molecule has 2 amide bonds. The lowest BCUT2D eigenvalue weighted by Gasteiger charge is -2.34. The van der Waals surface area contributed by atoms with E-state index in [1.807, 2.05) is 19.9 Å². The van der Waals surface area contributed by atoms with Crippen molar-refractivity contribution in [2.24, 2.45) is 5.92 Å². The Bertz CT molecular complexity index is 1440. The molecule has 0 fully saturated rings. The van der Waals surface area contributed by atoms with Crippen molar-refractivity contribution in [1.82, 2.24) is 14.5 Å². The zero-order chi connectivity index (χ0) is 30.2. The quantitative estimate of drug-likeness (QED) is 0.328. The molecular weight excluding hydrogens is 550 g/mol. The number of amides is 2. The smallest absolute Gasteiger partial charge is 0.304 e. The maximum atomic E-state index is 14.9. The zero-order valence-electron chi connectivity index (χ0n) is 23.6. The Hall–Kier alpha value is -3.83. The van der Waals surface area contributed by atoms with Gasteiger partial charge in [0.2, 0.25) is 11.8 Å². The molecule has 41 heavy (non-hydrogen) atoms. The maximum Gasteiger partial charge on any atom is 0.304 e. The second-order valence-corrected chi connectivity index (χ2v) is 12.3. The molecule has 3 rings (SSSR count). The number of carbonyl (C=O) groups excluding carboxylic acids is 2. The van der Waals surface area contributed by atoms with Crippen LogP contribution >= 0.6 is 0 Å². The highest BCUT2D eigenvalue weighted by Gasteiger charge is 2.35. The fourth-order valence-corrected chi connectivity index (χ4v) is 5.21. The van der Waals surface area contributed by atoms with Crippen LogP contribution in [-0.2, 0) is 32.8 Å². The third-order valence-electron chi connectivity index (χ3n) is 6.39. The van der Waals surface area contributed by atoms with E-state index in [1.165, 1.54) is 55.4 Å². The van der Waals surface area contributed by atoms with Crippen LogP contribution in [-0.4, -0.2) is 62.7 Å². The van der Waals surface area contributed by atoms with Gasteiger partial charge in [0.1, 0.15) is 24.2 Å². The number of halogens is 2. The monoisotopic (exact) mass is 586 g/mol. The topological polar surface area (TPSA) is 90.0 Å². The molecule has 1 N–H and O–H groups in total. The third kappa shape index (κ3) is 8.34. The van der Waals surface area contributed by atoms with Crippen LogP contribution in [0.4, 0.5) is 14.5 Å². The Kier molecular flexibility index (Phi) is 11.0. The Balaban J connectivity index is 2.11. The summed E-state index contributed by atoms with van der Waals surface area (Å²) in [4.78, 5) is 28.8. The molecule has 8 nitrogen and oxygen atoms in total. The van der Waals surface area contributed by atoms with Crippen molar-refractivity contribution in [1.29, 1.82) is 0 Å². The van der Waals surface area contributed by atoms with Crippen LogP contribution in [0.1, 0.15) is 25.0 Å². The second kappa shape index (κ2) is 14.2. The van der Waals surface area contributed by atoms with Gasteiger partial charge in [-0.25, -0.2) is 13.1 Å². The van der Waals surface area contributed by atoms with Gasteiger partial charge in [-0.3, -0.25) is 9.59 Å². The molecule has 11 heteroatoms. The molecule has 3 aromatic rings. The normalized spacial score (nSPS) is 12.3. The van der Waals surface area contributed by atoms with Crippen LogP contribution in [0.15, 0.2) is 78.9 Å². The van der Waals surface area contributed by atoms with Gasteiger partial charge in [-0.05, 0) is 29.7 Å². The summed E-state index contributed by atoms with van der Waals surface area (Å²) in [5.74, 6) is -2.59. The number of rotatable bonds is 13. The van der Waals surface area contributed by atoms with Gasteiger partial charge in [-0.2, -0.15) is 12.7 Å². The third-order valence-corrected chi connectivity index (χ3v) is 8.20. The maximum absolute atomic E-state index is 14.9. The highest BCUT2D eigenvalue weighted by molar-refractivity contribution is 7.90. The summed E-state index contributed by atoms with van der Waals surface area (Å²) in [7, 11) is -1.81. The number of carbonyl (C=O) groups is 2. The van der Waals surface area contributed by atoms with Gasteiger partial charge >= 0.3 is 10.2 Å². The first-order chi connectivity index (χ1) is 19.4. The van der Waals surface area contributed by atoms with E-state index in [2.05, 4.69) is 5.32 Å². The number of para-hydroxylation sites is 1. The summed E-state index contributed by atoms with van der Waals surface area (Å²) in [6.07, 6.45) is 0.0884. The van der Waals surface area contributed by atoms with Crippen LogP contribution < -0.4 is 9.62 Å². The molecule has 0 unspecified atom stereocenters.